The van der Waals surface area contributed by atoms with Crippen LogP contribution in [0.4, 0.5) is 4.39 Å². The Morgan fingerprint density at radius 2 is 1.93 bits per heavy atom. The third kappa shape index (κ3) is 2.92. The van der Waals surface area contributed by atoms with E-state index in [2.05, 4.69) is 15.9 Å². The summed E-state index contributed by atoms with van der Waals surface area (Å²) in [7, 11) is 0. The van der Waals surface area contributed by atoms with Crippen LogP contribution in [0.5, 0.6) is 5.75 Å². The van der Waals surface area contributed by atoms with E-state index in [1.165, 1.54) is 18.6 Å². The molecule has 1 aliphatic rings. The first-order valence-electron chi connectivity index (χ1n) is 5.14. The van der Waals surface area contributed by atoms with E-state index in [1.807, 2.05) is 5.06 Å². The molecule has 0 saturated carbocycles. The van der Waals surface area contributed by atoms with Crippen LogP contribution in [0.2, 0.25) is 0 Å². The minimum atomic E-state index is -0.273. The molecule has 15 heavy (non-hydrogen) atoms. The number of nitrogens with zero attached hydrogens (tertiary/aromatic N) is 1. The van der Waals surface area contributed by atoms with Gasteiger partial charge in [0.25, 0.3) is 0 Å². The molecule has 0 atom stereocenters. The fourth-order valence-corrected chi connectivity index (χ4v) is 1.96. The van der Waals surface area contributed by atoms with Crippen molar-refractivity contribution in [3.63, 3.8) is 0 Å². The summed E-state index contributed by atoms with van der Waals surface area (Å²) < 4.78 is 13.8. The van der Waals surface area contributed by atoms with Crippen LogP contribution in [0, 0.1) is 5.82 Å². The second-order valence-electron chi connectivity index (χ2n) is 3.66. The van der Waals surface area contributed by atoms with Crippen molar-refractivity contribution in [2.24, 2.45) is 0 Å². The van der Waals surface area contributed by atoms with Crippen LogP contribution in [0.15, 0.2) is 22.7 Å². The van der Waals surface area contributed by atoms with Crippen LogP contribution in [-0.2, 0) is 0 Å². The lowest BCUT2D eigenvalue weighted by Crippen LogP contribution is -2.32. The summed E-state index contributed by atoms with van der Waals surface area (Å²) in [5.74, 6) is 0.280. The highest BCUT2D eigenvalue weighted by molar-refractivity contribution is 9.10. The number of rotatable bonds is 2. The zero-order chi connectivity index (χ0) is 10.7. The minimum Gasteiger partial charge on any atom is -0.405 e. The average molecular weight is 274 g/mol. The molecule has 1 aromatic carbocycles. The van der Waals surface area contributed by atoms with Gasteiger partial charge in [0.2, 0.25) is 0 Å². The van der Waals surface area contributed by atoms with Gasteiger partial charge >= 0.3 is 0 Å². The van der Waals surface area contributed by atoms with Gasteiger partial charge in [0.15, 0.2) is 5.75 Å². The van der Waals surface area contributed by atoms with Gasteiger partial charge in [0.1, 0.15) is 5.82 Å². The Balaban J connectivity index is 2.05. The fourth-order valence-electron chi connectivity index (χ4n) is 1.64. The lowest BCUT2D eigenvalue weighted by molar-refractivity contribution is -0.0728. The van der Waals surface area contributed by atoms with Crippen molar-refractivity contribution < 1.29 is 9.23 Å². The molecular formula is C11H13BrFNO. The normalized spacial score (nSPS) is 17.7. The number of piperidine rings is 1. The molecule has 1 heterocycles. The van der Waals surface area contributed by atoms with Gasteiger partial charge in [0.05, 0.1) is 4.47 Å². The maximum atomic E-state index is 13.0. The molecule has 0 bridgehead atoms. The lowest BCUT2D eigenvalue weighted by atomic mass is 10.2. The highest BCUT2D eigenvalue weighted by Crippen LogP contribution is 2.27. The first kappa shape index (κ1) is 10.9. The van der Waals surface area contributed by atoms with Crippen molar-refractivity contribution in [1.82, 2.24) is 5.06 Å². The van der Waals surface area contributed by atoms with Crippen molar-refractivity contribution >= 4 is 15.9 Å². The van der Waals surface area contributed by atoms with Gasteiger partial charge in [-0.25, -0.2) is 4.39 Å². The highest BCUT2D eigenvalue weighted by atomic mass is 79.9. The molecule has 1 aromatic rings. The van der Waals surface area contributed by atoms with Gasteiger partial charge in [-0.2, -0.15) is 0 Å². The molecule has 0 spiro atoms. The molecule has 0 N–H and O–H groups in total. The average Bonchev–Trinajstić information content (AvgIpc) is 2.25. The van der Waals surface area contributed by atoms with E-state index in [1.54, 1.807) is 6.07 Å². The molecule has 0 radical (unpaired) electrons. The van der Waals surface area contributed by atoms with E-state index in [0.717, 1.165) is 30.4 Å². The summed E-state index contributed by atoms with van der Waals surface area (Å²) in [5, 5.41) is 1.89. The summed E-state index contributed by atoms with van der Waals surface area (Å²) >= 11 is 3.34. The SMILES string of the molecule is Fc1ccc(Br)c(ON2CCCCC2)c1. The molecule has 0 amide bonds. The predicted octanol–water partition coefficient (Wildman–Crippen LogP) is 3.37. The Morgan fingerprint density at radius 1 is 1.20 bits per heavy atom. The second-order valence-corrected chi connectivity index (χ2v) is 4.51. The van der Waals surface area contributed by atoms with Crippen LogP contribution < -0.4 is 4.84 Å². The van der Waals surface area contributed by atoms with E-state index in [4.69, 9.17) is 4.84 Å². The summed E-state index contributed by atoms with van der Waals surface area (Å²) in [5.41, 5.74) is 0. The van der Waals surface area contributed by atoms with Crippen molar-refractivity contribution in [2.45, 2.75) is 19.3 Å². The van der Waals surface area contributed by atoms with E-state index in [0.29, 0.717) is 5.75 Å². The zero-order valence-corrected chi connectivity index (χ0v) is 9.96. The minimum absolute atomic E-state index is 0.273. The summed E-state index contributed by atoms with van der Waals surface area (Å²) in [4.78, 5) is 5.61. The Morgan fingerprint density at radius 3 is 2.67 bits per heavy atom. The third-order valence-corrected chi connectivity index (χ3v) is 3.09. The van der Waals surface area contributed by atoms with Crippen molar-refractivity contribution in [3.8, 4) is 5.75 Å². The third-order valence-electron chi connectivity index (χ3n) is 2.44. The number of hydroxylamine groups is 2. The number of hydrogen-bond donors (Lipinski definition) is 0. The maximum absolute atomic E-state index is 13.0. The quantitative estimate of drug-likeness (QED) is 0.819. The zero-order valence-electron chi connectivity index (χ0n) is 8.38. The standard InChI is InChI=1S/C11H13BrFNO/c12-10-5-4-9(13)8-11(10)15-14-6-2-1-3-7-14/h4-5,8H,1-3,6-7H2. The Kier molecular flexibility index (Phi) is 3.59. The van der Waals surface area contributed by atoms with Gasteiger partial charge in [-0.1, -0.05) is 6.42 Å². The fraction of sp³-hybridized carbons (Fsp3) is 0.455. The monoisotopic (exact) mass is 273 g/mol. The molecule has 1 saturated heterocycles. The van der Waals surface area contributed by atoms with E-state index >= 15 is 0 Å². The van der Waals surface area contributed by atoms with Gasteiger partial charge < -0.3 is 4.84 Å². The Bertz CT molecular complexity index is 339. The second kappa shape index (κ2) is 4.94. The summed E-state index contributed by atoms with van der Waals surface area (Å²) in [6.07, 6.45) is 3.55. The van der Waals surface area contributed by atoms with E-state index < -0.39 is 0 Å². The van der Waals surface area contributed by atoms with Crippen LogP contribution in [0.1, 0.15) is 19.3 Å². The molecule has 0 aromatic heterocycles. The first-order valence-corrected chi connectivity index (χ1v) is 5.93. The first-order chi connectivity index (χ1) is 7.25. The molecule has 1 fully saturated rings. The van der Waals surface area contributed by atoms with Gasteiger partial charge in [-0.15, -0.1) is 5.06 Å². The predicted molar refractivity (Wildman–Crippen MR) is 60.2 cm³/mol. The van der Waals surface area contributed by atoms with Gasteiger partial charge in [-0.05, 0) is 40.9 Å². The van der Waals surface area contributed by atoms with Crippen molar-refractivity contribution in [2.75, 3.05) is 13.1 Å². The largest absolute Gasteiger partial charge is 0.405 e. The number of benzene rings is 1. The molecule has 0 unspecified atom stereocenters. The summed E-state index contributed by atoms with van der Waals surface area (Å²) in [6, 6.07) is 4.47. The number of halogens is 2. The van der Waals surface area contributed by atoms with E-state index in [9.17, 15) is 4.39 Å². The molecular weight excluding hydrogens is 261 g/mol. The molecule has 1 aliphatic heterocycles. The molecule has 2 rings (SSSR count). The van der Waals surface area contributed by atoms with Crippen LogP contribution in [0.25, 0.3) is 0 Å². The Labute approximate surface area is 97.1 Å². The van der Waals surface area contributed by atoms with Crippen molar-refractivity contribution in [3.05, 3.63) is 28.5 Å². The van der Waals surface area contributed by atoms with Crippen molar-refractivity contribution in [1.29, 1.82) is 0 Å². The van der Waals surface area contributed by atoms with Crippen LogP contribution in [-0.4, -0.2) is 18.2 Å². The maximum Gasteiger partial charge on any atom is 0.164 e. The van der Waals surface area contributed by atoms with Crippen LogP contribution in [0.3, 0.4) is 0 Å². The smallest absolute Gasteiger partial charge is 0.164 e. The van der Waals surface area contributed by atoms with Gasteiger partial charge in [-0.3, -0.25) is 0 Å². The topological polar surface area (TPSA) is 12.5 Å². The lowest BCUT2D eigenvalue weighted by Gasteiger charge is -2.26. The van der Waals surface area contributed by atoms with Gasteiger partial charge in [0, 0.05) is 19.2 Å². The highest BCUT2D eigenvalue weighted by Gasteiger charge is 2.13. The van der Waals surface area contributed by atoms with E-state index in [-0.39, 0.29) is 5.82 Å². The molecule has 4 heteroatoms. The molecule has 0 aliphatic carbocycles. The molecule has 82 valence electrons. The van der Waals surface area contributed by atoms with Crippen LogP contribution >= 0.6 is 15.9 Å². The number of hydrogen-bond acceptors (Lipinski definition) is 2. The summed E-state index contributed by atoms with van der Waals surface area (Å²) in [6.45, 7) is 1.84. The molecule has 2 nitrogen and oxygen atoms in total. The Hall–Kier alpha value is -0.610.